The van der Waals surface area contributed by atoms with Gasteiger partial charge in [0, 0.05) is 10.5 Å². The van der Waals surface area contributed by atoms with Crippen molar-refractivity contribution in [2.24, 2.45) is 0 Å². The third-order valence-electron chi connectivity index (χ3n) is 3.23. The summed E-state index contributed by atoms with van der Waals surface area (Å²) < 4.78 is 5.18. The van der Waals surface area contributed by atoms with Crippen molar-refractivity contribution in [2.45, 2.75) is 24.7 Å². The number of methoxy groups -OCH3 is 1. The maximum Gasteiger partial charge on any atom is 0.173 e. The Morgan fingerprint density at radius 2 is 1.90 bits per heavy atom. The molecule has 0 amide bonds. The van der Waals surface area contributed by atoms with E-state index in [-0.39, 0.29) is 5.78 Å². The first-order valence-electron chi connectivity index (χ1n) is 7.12. The number of benzene rings is 2. The molecule has 0 saturated heterocycles. The molecular weight excluding hydrogens is 280 g/mol. The molecule has 0 atom stereocenters. The lowest BCUT2D eigenvalue weighted by molar-refractivity contribution is 0.102. The highest BCUT2D eigenvalue weighted by molar-refractivity contribution is 8.00. The Kier molecular flexibility index (Phi) is 5.88. The second kappa shape index (κ2) is 7.89. The Hall–Kier alpha value is -1.74. The molecule has 0 heterocycles. The van der Waals surface area contributed by atoms with E-state index >= 15 is 0 Å². The van der Waals surface area contributed by atoms with Gasteiger partial charge < -0.3 is 4.74 Å². The molecule has 2 rings (SSSR count). The fraction of sp³-hybridized carbons (Fsp3) is 0.278. The second-order valence-corrected chi connectivity index (χ2v) is 5.89. The van der Waals surface area contributed by atoms with Crippen LogP contribution in [0.5, 0.6) is 5.75 Å². The van der Waals surface area contributed by atoms with Crippen molar-refractivity contribution >= 4 is 17.5 Å². The van der Waals surface area contributed by atoms with Gasteiger partial charge in [0.2, 0.25) is 0 Å². The number of thioether (sulfide) groups is 1. The smallest absolute Gasteiger partial charge is 0.173 e. The van der Waals surface area contributed by atoms with Crippen molar-refractivity contribution in [3.8, 4) is 5.75 Å². The van der Waals surface area contributed by atoms with Crippen LogP contribution in [0.25, 0.3) is 0 Å². The van der Waals surface area contributed by atoms with Crippen molar-refractivity contribution in [3.05, 3.63) is 59.7 Å². The number of rotatable bonds is 7. The minimum absolute atomic E-state index is 0.158. The van der Waals surface area contributed by atoms with E-state index in [1.54, 1.807) is 7.11 Å². The number of Topliss-reactive ketones (excluding diaryl/α,β-unsaturated/α-hetero) is 1. The monoisotopic (exact) mass is 300 g/mol. The molecule has 0 N–H and O–H groups in total. The lowest BCUT2D eigenvalue weighted by Gasteiger charge is -2.05. The molecule has 0 aliphatic carbocycles. The molecule has 0 unspecified atom stereocenters. The Balaban J connectivity index is 1.94. The maximum absolute atomic E-state index is 12.2. The molecule has 0 aliphatic heterocycles. The number of ether oxygens (including phenoxy) is 1. The summed E-state index contributed by atoms with van der Waals surface area (Å²) in [6, 6.07) is 15.7. The van der Waals surface area contributed by atoms with Crippen molar-refractivity contribution in [1.82, 2.24) is 0 Å². The quantitative estimate of drug-likeness (QED) is 0.551. The summed E-state index contributed by atoms with van der Waals surface area (Å²) in [5.74, 6) is 1.42. The average molecular weight is 300 g/mol. The Bertz CT molecular complexity index is 590. The predicted molar refractivity (Wildman–Crippen MR) is 88.5 cm³/mol. The van der Waals surface area contributed by atoms with Gasteiger partial charge >= 0.3 is 0 Å². The Morgan fingerprint density at radius 1 is 1.14 bits per heavy atom. The highest BCUT2D eigenvalue weighted by Gasteiger charge is 2.07. The third kappa shape index (κ3) is 4.64. The lowest BCUT2D eigenvalue weighted by Crippen LogP contribution is -2.02. The van der Waals surface area contributed by atoms with E-state index in [9.17, 15) is 4.79 Å². The average Bonchev–Trinajstić information content (AvgIpc) is 2.54. The van der Waals surface area contributed by atoms with Crippen molar-refractivity contribution in [2.75, 3.05) is 12.9 Å². The SMILES string of the molecule is CCCc1ccc(C(=O)CSc2cccc(OC)c2)cc1. The van der Waals surface area contributed by atoms with Crippen LogP contribution in [0.1, 0.15) is 29.3 Å². The fourth-order valence-corrected chi connectivity index (χ4v) is 2.91. The summed E-state index contributed by atoms with van der Waals surface area (Å²) in [5.41, 5.74) is 2.07. The van der Waals surface area contributed by atoms with Crippen LogP contribution in [-0.2, 0) is 6.42 Å². The molecule has 0 aromatic heterocycles. The van der Waals surface area contributed by atoms with E-state index in [1.807, 2.05) is 48.5 Å². The molecule has 0 aliphatic rings. The van der Waals surface area contributed by atoms with Crippen molar-refractivity contribution in [1.29, 1.82) is 0 Å². The van der Waals surface area contributed by atoms with Crippen LogP contribution >= 0.6 is 11.8 Å². The van der Waals surface area contributed by atoms with E-state index in [4.69, 9.17) is 4.74 Å². The van der Waals surface area contributed by atoms with Gasteiger partial charge in [-0.25, -0.2) is 0 Å². The molecule has 0 radical (unpaired) electrons. The largest absolute Gasteiger partial charge is 0.497 e. The summed E-state index contributed by atoms with van der Waals surface area (Å²) in [5, 5.41) is 0. The fourth-order valence-electron chi connectivity index (χ4n) is 2.07. The number of carbonyl (C=O) groups is 1. The first-order chi connectivity index (χ1) is 10.2. The van der Waals surface area contributed by atoms with Crippen LogP contribution < -0.4 is 4.74 Å². The van der Waals surface area contributed by atoms with E-state index in [0.717, 1.165) is 29.1 Å². The number of carbonyl (C=O) groups excluding carboxylic acids is 1. The predicted octanol–water partition coefficient (Wildman–Crippen LogP) is 4.62. The Morgan fingerprint density at radius 3 is 2.57 bits per heavy atom. The van der Waals surface area contributed by atoms with Crippen LogP contribution in [0.15, 0.2) is 53.4 Å². The van der Waals surface area contributed by atoms with E-state index in [0.29, 0.717) is 5.75 Å². The maximum atomic E-state index is 12.2. The molecule has 2 nitrogen and oxygen atoms in total. The van der Waals surface area contributed by atoms with Gasteiger partial charge in [-0.1, -0.05) is 43.7 Å². The molecule has 0 saturated carbocycles. The number of hydrogen-bond donors (Lipinski definition) is 0. The number of hydrogen-bond acceptors (Lipinski definition) is 3. The van der Waals surface area contributed by atoms with Gasteiger partial charge in [0.05, 0.1) is 12.9 Å². The van der Waals surface area contributed by atoms with Crippen molar-refractivity contribution < 1.29 is 9.53 Å². The zero-order valence-corrected chi connectivity index (χ0v) is 13.3. The van der Waals surface area contributed by atoms with Gasteiger partial charge in [-0.15, -0.1) is 11.8 Å². The van der Waals surface area contributed by atoms with Gasteiger partial charge in [0.1, 0.15) is 5.75 Å². The van der Waals surface area contributed by atoms with E-state index in [2.05, 4.69) is 6.92 Å². The minimum atomic E-state index is 0.158. The highest BCUT2D eigenvalue weighted by atomic mass is 32.2. The molecule has 0 fully saturated rings. The molecule has 2 aromatic carbocycles. The van der Waals surface area contributed by atoms with Gasteiger partial charge in [-0.05, 0) is 30.2 Å². The summed E-state index contributed by atoms with van der Waals surface area (Å²) in [7, 11) is 1.65. The molecule has 3 heteroatoms. The van der Waals surface area contributed by atoms with Gasteiger partial charge in [0.15, 0.2) is 5.78 Å². The molecule has 0 spiro atoms. The first-order valence-corrected chi connectivity index (χ1v) is 8.10. The normalized spacial score (nSPS) is 10.4. The van der Waals surface area contributed by atoms with Crippen LogP contribution in [0, 0.1) is 0 Å². The molecule has 110 valence electrons. The van der Waals surface area contributed by atoms with Crippen LogP contribution in [-0.4, -0.2) is 18.6 Å². The van der Waals surface area contributed by atoms with Crippen molar-refractivity contribution in [3.63, 3.8) is 0 Å². The van der Waals surface area contributed by atoms with Crippen LogP contribution in [0.3, 0.4) is 0 Å². The number of ketones is 1. The van der Waals surface area contributed by atoms with Crippen LogP contribution in [0.4, 0.5) is 0 Å². The highest BCUT2D eigenvalue weighted by Crippen LogP contribution is 2.23. The van der Waals surface area contributed by atoms with E-state index in [1.165, 1.54) is 17.3 Å². The topological polar surface area (TPSA) is 26.3 Å². The zero-order chi connectivity index (χ0) is 15.1. The van der Waals surface area contributed by atoms with Gasteiger partial charge in [-0.3, -0.25) is 4.79 Å². The standard InChI is InChI=1S/C18H20O2S/c1-3-5-14-8-10-15(11-9-14)18(19)13-21-17-7-4-6-16(12-17)20-2/h4,6-12H,3,5,13H2,1-2H3. The zero-order valence-electron chi connectivity index (χ0n) is 12.5. The molecule has 0 bridgehead atoms. The summed E-state index contributed by atoms with van der Waals surface area (Å²) in [6.45, 7) is 2.16. The molecule has 2 aromatic rings. The second-order valence-electron chi connectivity index (χ2n) is 4.84. The molecular formula is C18H20O2S. The first kappa shape index (κ1) is 15.6. The lowest BCUT2D eigenvalue weighted by atomic mass is 10.1. The van der Waals surface area contributed by atoms with Crippen LogP contribution in [0.2, 0.25) is 0 Å². The Labute approximate surface area is 130 Å². The summed E-state index contributed by atoms with van der Waals surface area (Å²) >= 11 is 1.54. The minimum Gasteiger partial charge on any atom is -0.497 e. The van der Waals surface area contributed by atoms with Gasteiger partial charge in [0.25, 0.3) is 0 Å². The summed E-state index contributed by atoms with van der Waals surface area (Å²) in [6.07, 6.45) is 2.19. The van der Waals surface area contributed by atoms with Gasteiger partial charge in [-0.2, -0.15) is 0 Å². The van der Waals surface area contributed by atoms with E-state index < -0.39 is 0 Å². The summed E-state index contributed by atoms with van der Waals surface area (Å²) in [4.78, 5) is 13.2. The number of aryl methyl sites for hydroxylation is 1. The third-order valence-corrected chi connectivity index (χ3v) is 4.22. The molecule has 21 heavy (non-hydrogen) atoms.